The van der Waals surface area contributed by atoms with Gasteiger partial charge in [0.05, 0.1) is 14.6 Å². The Balaban J connectivity index is 1.55. The van der Waals surface area contributed by atoms with E-state index < -0.39 is 24.5 Å². The summed E-state index contributed by atoms with van der Waals surface area (Å²) >= 11 is 0. The number of fused-ring (bicyclic) bond motifs is 1. The van der Waals surface area contributed by atoms with E-state index in [-0.39, 0.29) is 31.5 Å². The van der Waals surface area contributed by atoms with E-state index in [1.54, 1.807) is 0 Å². The second kappa shape index (κ2) is 9.77. The van der Waals surface area contributed by atoms with Crippen LogP contribution in [0.2, 0.25) is 0 Å². The summed E-state index contributed by atoms with van der Waals surface area (Å²) in [6.07, 6.45) is 4.45. The number of carbonyl (C=O) groups excluding carboxylic acids is 2. The van der Waals surface area contributed by atoms with Crippen molar-refractivity contribution in [1.82, 2.24) is 25.9 Å². The Morgan fingerprint density at radius 2 is 2.11 bits per heavy atom. The fraction of sp³-hybridized carbons (Fsp3) is 0.833. The number of aromatic nitrogens is 4. The molecule has 1 saturated heterocycles. The van der Waals surface area contributed by atoms with Gasteiger partial charge in [0, 0.05) is 22.5 Å². The van der Waals surface area contributed by atoms with Crippen LogP contribution >= 0.6 is 0 Å². The van der Waals surface area contributed by atoms with Gasteiger partial charge in [-0.1, -0.05) is 11.6 Å². The number of nitrogens with one attached hydrogen (secondary N) is 2. The minimum atomic E-state index is -1.83. The zero-order chi connectivity index (χ0) is 21.8. The van der Waals surface area contributed by atoms with Crippen LogP contribution in [-0.2, 0) is 25.5 Å². The molecule has 0 radical (unpaired) electrons. The first kappa shape index (κ1) is 16.0. The van der Waals surface area contributed by atoms with Crippen LogP contribution in [0, 0.1) is 17.8 Å². The molecule has 1 aliphatic carbocycles. The summed E-state index contributed by atoms with van der Waals surface area (Å²) in [5, 5.41) is 16.5. The molecule has 0 bridgehead atoms. The molecule has 9 heteroatoms. The number of aryl methyl sites for hydroxylation is 1. The number of hydrogen-bond donors (Lipinski definition) is 2. The predicted octanol–water partition coefficient (Wildman–Crippen LogP) is 1.02. The number of esters is 2. The maximum atomic E-state index is 12.6. The Labute approximate surface area is 163 Å². The van der Waals surface area contributed by atoms with Crippen LogP contribution in [0.1, 0.15) is 55.4 Å². The Morgan fingerprint density at radius 3 is 2.89 bits per heavy atom. The number of ether oxygens (including phenoxy) is 2. The number of carbonyl (C=O) groups is 2. The molecule has 150 valence electrons. The topological polar surface area (TPSA) is 119 Å². The average molecular weight is 382 g/mol. The van der Waals surface area contributed by atoms with E-state index in [0.29, 0.717) is 31.0 Å². The van der Waals surface area contributed by atoms with E-state index >= 15 is 0 Å². The maximum absolute atomic E-state index is 12.6. The average Bonchev–Trinajstić information content (AvgIpc) is 3.18. The molecule has 0 aromatic carbocycles. The molecule has 1 aromatic heterocycles. The summed E-state index contributed by atoms with van der Waals surface area (Å²) < 4.78 is 35.4. The van der Waals surface area contributed by atoms with Crippen molar-refractivity contribution in [2.24, 2.45) is 17.8 Å². The summed E-state index contributed by atoms with van der Waals surface area (Å²) in [5.41, 5.74) is 0. The lowest BCUT2D eigenvalue weighted by Crippen LogP contribution is -2.50. The van der Waals surface area contributed by atoms with Crippen molar-refractivity contribution in [1.29, 1.82) is 0 Å². The van der Waals surface area contributed by atoms with E-state index in [1.165, 1.54) is 6.92 Å². The summed E-state index contributed by atoms with van der Waals surface area (Å²) in [7, 11) is 0. The highest BCUT2D eigenvalue weighted by atomic mass is 16.5. The zero-order valence-electron chi connectivity index (χ0n) is 18.6. The second-order valence-corrected chi connectivity index (χ2v) is 7.19. The Bertz CT molecular complexity index is 735. The normalized spacial score (nSPS) is 33.8. The van der Waals surface area contributed by atoms with Crippen LogP contribution in [-0.4, -0.2) is 58.3 Å². The van der Waals surface area contributed by atoms with Gasteiger partial charge in [-0.15, -0.1) is 10.2 Å². The van der Waals surface area contributed by atoms with Crippen LogP contribution < -0.4 is 5.32 Å². The van der Waals surface area contributed by atoms with Gasteiger partial charge in [0.1, 0.15) is 6.02 Å². The van der Waals surface area contributed by atoms with E-state index in [0.717, 1.165) is 19.3 Å². The highest BCUT2D eigenvalue weighted by molar-refractivity contribution is 5.76. The monoisotopic (exact) mass is 382 g/mol. The first-order chi connectivity index (χ1) is 14.2. The highest BCUT2D eigenvalue weighted by Crippen LogP contribution is 2.40. The molecule has 4 atom stereocenters. The number of nitrogens with zero attached hydrogens (tertiary/aromatic N) is 3. The lowest BCUT2D eigenvalue weighted by atomic mass is 9.69. The van der Waals surface area contributed by atoms with Gasteiger partial charge in [0.15, 0.2) is 5.82 Å². The first-order valence-corrected chi connectivity index (χ1v) is 9.52. The van der Waals surface area contributed by atoms with E-state index in [9.17, 15) is 9.59 Å². The van der Waals surface area contributed by atoms with E-state index in [4.69, 9.17) is 13.6 Å². The second-order valence-electron chi connectivity index (χ2n) is 7.19. The molecule has 2 N–H and O–H groups in total. The lowest BCUT2D eigenvalue weighted by molar-refractivity contribution is -0.148. The Morgan fingerprint density at radius 1 is 1.26 bits per heavy atom. The van der Waals surface area contributed by atoms with Crippen molar-refractivity contribution in [2.45, 2.75) is 57.9 Å². The Kier molecular flexibility index (Phi) is 5.78. The number of hydrogen-bond acceptors (Lipinski definition) is 8. The maximum Gasteiger partial charge on any atom is 0.323 e. The van der Waals surface area contributed by atoms with Crippen molar-refractivity contribution < 1.29 is 23.2 Å². The molecule has 0 unspecified atom stereocenters. The van der Waals surface area contributed by atoms with Crippen LogP contribution in [0.25, 0.3) is 0 Å². The lowest BCUT2D eigenvalue weighted by Gasteiger charge is -2.42. The third-order valence-electron chi connectivity index (χ3n) is 5.20. The molecule has 2 aliphatic rings. The standard InChI is InChI=1S/C18H29N5O4/c1-12(24)26-7-2-8-27-18(25)16-10-15-9-13(3-5-14(15)11-19-16)4-6-17-20-22-23-21-17/h13-16,19H,2-11H2,1H3,(H,20,21,22,23)/t13-,14+,15-,16+/m1/s1/i11D2,16D. The molecule has 27 heavy (non-hydrogen) atoms. The fourth-order valence-electron chi connectivity index (χ4n) is 3.81. The number of tetrazole rings is 1. The minimum Gasteiger partial charge on any atom is -0.466 e. The molecule has 2 heterocycles. The van der Waals surface area contributed by atoms with Gasteiger partial charge < -0.3 is 14.8 Å². The molecule has 2 fully saturated rings. The SMILES string of the molecule is [2H]C1([2H])N[C@]([2H])(C(=O)OCCCOC(C)=O)C[C@H]2C[C@@H](CCc3nn[nH]n3)CC[C@H]21. The molecule has 1 saturated carbocycles. The highest BCUT2D eigenvalue weighted by Gasteiger charge is 2.38. The van der Waals surface area contributed by atoms with Crippen LogP contribution in [0.3, 0.4) is 0 Å². The van der Waals surface area contributed by atoms with Gasteiger partial charge in [0.25, 0.3) is 0 Å². The first-order valence-electron chi connectivity index (χ1n) is 11.0. The number of H-pyrrole nitrogens is 1. The largest absolute Gasteiger partial charge is 0.466 e. The van der Waals surface area contributed by atoms with Crippen molar-refractivity contribution in [3.8, 4) is 0 Å². The van der Waals surface area contributed by atoms with Crippen molar-refractivity contribution >= 4 is 11.9 Å². The predicted molar refractivity (Wildman–Crippen MR) is 95.4 cm³/mol. The molecular formula is C18H29N5O4. The van der Waals surface area contributed by atoms with Crippen LogP contribution in [0.15, 0.2) is 0 Å². The zero-order valence-corrected chi connectivity index (χ0v) is 15.6. The summed E-state index contributed by atoms with van der Waals surface area (Å²) in [5.74, 6) is -0.502. The molecule has 1 aromatic rings. The van der Waals surface area contributed by atoms with Gasteiger partial charge in [-0.3, -0.25) is 9.59 Å². The summed E-state index contributed by atoms with van der Waals surface area (Å²) in [6, 6.07) is -1.83. The Hall–Kier alpha value is -2.03. The van der Waals surface area contributed by atoms with Crippen molar-refractivity contribution in [3.05, 3.63) is 5.82 Å². The van der Waals surface area contributed by atoms with Gasteiger partial charge >= 0.3 is 11.9 Å². The van der Waals surface area contributed by atoms with Crippen LogP contribution in [0.4, 0.5) is 0 Å². The van der Waals surface area contributed by atoms with E-state index in [1.807, 2.05) is 0 Å². The minimum absolute atomic E-state index is 0.0127. The van der Waals surface area contributed by atoms with Crippen molar-refractivity contribution in [3.63, 3.8) is 0 Å². The summed E-state index contributed by atoms with van der Waals surface area (Å²) in [6.45, 7) is -0.373. The van der Waals surface area contributed by atoms with Gasteiger partial charge in [-0.05, 0) is 49.9 Å². The van der Waals surface area contributed by atoms with Crippen LogP contribution in [0.5, 0.6) is 0 Å². The fourth-order valence-corrected chi connectivity index (χ4v) is 3.81. The van der Waals surface area contributed by atoms with Gasteiger partial charge in [-0.2, -0.15) is 5.21 Å². The molecular weight excluding hydrogens is 350 g/mol. The molecule has 3 rings (SSSR count). The molecule has 1 aliphatic heterocycles. The third kappa shape index (κ3) is 5.98. The summed E-state index contributed by atoms with van der Waals surface area (Å²) in [4.78, 5) is 23.3. The number of rotatable bonds is 8. The quantitative estimate of drug-likeness (QED) is 0.505. The number of piperidine rings is 1. The smallest absolute Gasteiger partial charge is 0.323 e. The van der Waals surface area contributed by atoms with Crippen molar-refractivity contribution in [2.75, 3.05) is 19.7 Å². The number of aromatic amines is 1. The van der Waals surface area contributed by atoms with E-state index in [2.05, 4.69) is 25.9 Å². The molecule has 0 amide bonds. The molecule has 9 nitrogen and oxygen atoms in total. The van der Waals surface area contributed by atoms with Gasteiger partial charge in [0.2, 0.25) is 0 Å². The van der Waals surface area contributed by atoms with Gasteiger partial charge in [-0.25, -0.2) is 0 Å². The third-order valence-corrected chi connectivity index (χ3v) is 5.20. The molecule has 0 spiro atoms.